The van der Waals surface area contributed by atoms with Crippen molar-refractivity contribution in [1.82, 2.24) is 20.0 Å². The van der Waals surface area contributed by atoms with Crippen LogP contribution in [0, 0.1) is 0 Å². The SMILES string of the molecule is CCN(CC)C(C)CNC(=O)c1cnn(C)c1. The molecular weight excluding hydrogens is 216 g/mol. The quantitative estimate of drug-likeness (QED) is 0.800. The molecule has 0 saturated heterocycles. The molecule has 0 spiro atoms. The summed E-state index contributed by atoms with van der Waals surface area (Å²) in [6, 6.07) is 0.352. The maximum Gasteiger partial charge on any atom is 0.254 e. The van der Waals surface area contributed by atoms with Crippen molar-refractivity contribution in [3.8, 4) is 0 Å². The van der Waals surface area contributed by atoms with Gasteiger partial charge in [0, 0.05) is 25.8 Å². The third-order valence-electron chi connectivity index (χ3n) is 2.96. The number of aryl methyl sites for hydroxylation is 1. The molecule has 0 aliphatic rings. The van der Waals surface area contributed by atoms with Crippen molar-refractivity contribution in [2.75, 3.05) is 19.6 Å². The van der Waals surface area contributed by atoms with Crippen molar-refractivity contribution >= 4 is 5.91 Å². The number of carbonyl (C=O) groups excluding carboxylic acids is 1. The van der Waals surface area contributed by atoms with E-state index in [-0.39, 0.29) is 5.91 Å². The van der Waals surface area contributed by atoms with Gasteiger partial charge in [-0.3, -0.25) is 14.4 Å². The summed E-state index contributed by atoms with van der Waals surface area (Å²) in [5, 5.41) is 6.90. The molecule has 1 unspecified atom stereocenters. The van der Waals surface area contributed by atoms with E-state index < -0.39 is 0 Å². The van der Waals surface area contributed by atoms with Gasteiger partial charge in [0.25, 0.3) is 5.91 Å². The third-order valence-corrected chi connectivity index (χ3v) is 2.96. The maximum absolute atomic E-state index is 11.8. The predicted octanol–water partition coefficient (Wildman–Crippen LogP) is 0.880. The van der Waals surface area contributed by atoms with Crippen LogP contribution >= 0.6 is 0 Å². The van der Waals surface area contributed by atoms with Crippen LogP contribution in [0.3, 0.4) is 0 Å². The first-order valence-electron chi connectivity index (χ1n) is 6.09. The largest absolute Gasteiger partial charge is 0.350 e. The highest BCUT2D eigenvalue weighted by Crippen LogP contribution is 1.99. The van der Waals surface area contributed by atoms with Crippen molar-refractivity contribution in [2.24, 2.45) is 7.05 Å². The molecule has 0 aromatic carbocycles. The van der Waals surface area contributed by atoms with Crippen LogP contribution in [0.2, 0.25) is 0 Å². The second kappa shape index (κ2) is 6.39. The zero-order valence-corrected chi connectivity index (χ0v) is 11.1. The van der Waals surface area contributed by atoms with Gasteiger partial charge in [-0.25, -0.2) is 0 Å². The summed E-state index contributed by atoms with van der Waals surface area (Å²) in [6.07, 6.45) is 3.30. The number of nitrogens with zero attached hydrogens (tertiary/aromatic N) is 3. The molecule has 0 saturated carbocycles. The molecule has 1 atom stereocenters. The minimum atomic E-state index is -0.0582. The molecule has 1 rings (SSSR count). The second-order valence-electron chi connectivity index (χ2n) is 4.18. The Hall–Kier alpha value is -1.36. The fourth-order valence-electron chi connectivity index (χ4n) is 1.86. The predicted molar refractivity (Wildman–Crippen MR) is 67.9 cm³/mol. The number of nitrogens with one attached hydrogen (secondary N) is 1. The minimum absolute atomic E-state index is 0.0582. The van der Waals surface area contributed by atoms with Crippen molar-refractivity contribution in [1.29, 1.82) is 0 Å². The van der Waals surface area contributed by atoms with Gasteiger partial charge in [-0.2, -0.15) is 5.10 Å². The Morgan fingerprint density at radius 3 is 2.65 bits per heavy atom. The van der Waals surface area contributed by atoms with E-state index >= 15 is 0 Å². The van der Waals surface area contributed by atoms with E-state index in [1.54, 1.807) is 24.1 Å². The number of rotatable bonds is 6. The summed E-state index contributed by atoms with van der Waals surface area (Å²) in [5.74, 6) is -0.0582. The van der Waals surface area contributed by atoms with Gasteiger partial charge in [0.1, 0.15) is 0 Å². The summed E-state index contributed by atoms with van der Waals surface area (Å²) >= 11 is 0. The zero-order chi connectivity index (χ0) is 12.8. The van der Waals surface area contributed by atoms with Crippen LogP contribution in [0.4, 0.5) is 0 Å². The highest BCUT2D eigenvalue weighted by molar-refractivity contribution is 5.93. The van der Waals surface area contributed by atoms with Crippen molar-refractivity contribution in [2.45, 2.75) is 26.8 Å². The smallest absolute Gasteiger partial charge is 0.254 e. The van der Waals surface area contributed by atoms with Crippen molar-refractivity contribution < 1.29 is 4.79 Å². The molecule has 96 valence electrons. The lowest BCUT2D eigenvalue weighted by atomic mass is 10.2. The Labute approximate surface area is 103 Å². The lowest BCUT2D eigenvalue weighted by Crippen LogP contribution is -2.41. The number of amides is 1. The van der Waals surface area contributed by atoms with Crippen molar-refractivity contribution in [3.05, 3.63) is 18.0 Å². The molecule has 0 bridgehead atoms. The van der Waals surface area contributed by atoms with Crippen LogP contribution in [0.25, 0.3) is 0 Å². The summed E-state index contributed by atoms with van der Waals surface area (Å²) in [4.78, 5) is 14.1. The Morgan fingerprint density at radius 2 is 2.18 bits per heavy atom. The van der Waals surface area contributed by atoms with E-state index in [9.17, 15) is 4.79 Å². The molecule has 17 heavy (non-hydrogen) atoms. The van der Waals surface area contributed by atoms with Crippen LogP contribution in [0.1, 0.15) is 31.1 Å². The van der Waals surface area contributed by atoms with Gasteiger partial charge >= 0.3 is 0 Å². The standard InChI is InChI=1S/C12H22N4O/c1-5-16(6-2)10(3)7-13-12(17)11-8-14-15(4)9-11/h8-10H,5-7H2,1-4H3,(H,13,17). The number of carbonyl (C=O) groups is 1. The zero-order valence-electron chi connectivity index (χ0n) is 11.1. The molecule has 1 heterocycles. The van der Waals surface area contributed by atoms with Gasteiger partial charge in [-0.15, -0.1) is 0 Å². The van der Waals surface area contributed by atoms with E-state index in [1.165, 1.54) is 0 Å². The lowest BCUT2D eigenvalue weighted by molar-refractivity contribution is 0.0938. The van der Waals surface area contributed by atoms with Gasteiger partial charge in [0.15, 0.2) is 0 Å². The summed E-state index contributed by atoms with van der Waals surface area (Å²) in [5.41, 5.74) is 0.610. The van der Waals surface area contributed by atoms with Crippen molar-refractivity contribution in [3.63, 3.8) is 0 Å². The first-order chi connectivity index (χ1) is 8.08. The lowest BCUT2D eigenvalue weighted by Gasteiger charge is -2.26. The molecule has 1 amide bonds. The molecule has 0 radical (unpaired) electrons. The number of aromatic nitrogens is 2. The number of hydrogen-bond acceptors (Lipinski definition) is 3. The molecule has 5 heteroatoms. The van der Waals surface area contributed by atoms with E-state index in [2.05, 4.69) is 36.1 Å². The van der Waals surface area contributed by atoms with E-state index in [0.29, 0.717) is 18.2 Å². The van der Waals surface area contributed by atoms with E-state index in [4.69, 9.17) is 0 Å². The molecule has 0 fully saturated rings. The van der Waals surface area contributed by atoms with Gasteiger partial charge in [0.05, 0.1) is 11.8 Å². The molecule has 5 nitrogen and oxygen atoms in total. The van der Waals surface area contributed by atoms with Gasteiger partial charge in [-0.05, 0) is 20.0 Å². The van der Waals surface area contributed by atoms with Gasteiger partial charge < -0.3 is 5.32 Å². The fraction of sp³-hybridized carbons (Fsp3) is 0.667. The van der Waals surface area contributed by atoms with E-state index in [1.807, 2.05) is 0 Å². The fourth-order valence-corrected chi connectivity index (χ4v) is 1.86. The topological polar surface area (TPSA) is 50.2 Å². The van der Waals surface area contributed by atoms with Crippen LogP contribution in [-0.4, -0.2) is 46.3 Å². The normalized spacial score (nSPS) is 12.8. The highest BCUT2D eigenvalue weighted by atomic mass is 16.1. The summed E-state index contributed by atoms with van der Waals surface area (Å²) in [6.45, 7) is 9.04. The Kier molecular flexibility index (Phi) is 5.15. The number of hydrogen-bond donors (Lipinski definition) is 1. The minimum Gasteiger partial charge on any atom is -0.350 e. The monoisotopic (exact) mass is 238 g/mol. The van der Waals surface area contributed by atoms with E-state index in [0.717, 1.165) is 13.1 Å². The Balaban J connectivity index is 2.43. The van der Waals surface area contributed by atoms with Crippen LogP contribution in [0.5, 0.6) is 0 Å². The van der Waals surface area contributed by atoms with Gasteiger partial charge in [-0.1, -0.05) is 13.8 Å². The Bertz CT molecular complexity index is 357. The molecule has 1 aromatic heterocycles. The molecular formula is C12H22N4O. The van der Waals surface area contributed by atoms with Crippen LogP contribution in [-0.2, 0) is 7.05 Å². The average molecular weight is 238 g/mol. The van der Waals surface area contributed by atoms with Crippen LogP contribution < -0.4 is 5.32 Å². The molecule has 0 aliphatic heterocycles. The maximum atomic E-state index is 11.8. The summed E-state index contributed by atoms with van der Waals surface area (Å²) in [7, 11) is 1.80. The Morgan fingerprint density at radius 1 is 1.53 bits per heavy atom. The summed E-state index contributed by atoms with van der Waals surface area (Å²) < 4.78 is 1.63. The molecule has 1 N–H and O–H groups in total. The first-order valence-corrected chi connectivity index (χ1v) is 6.09. The number of likely N-dealkylation sites (N-methyl/N-ethyl adjacent to an activating group) is 1. The first kappa shape index (κ1) is 13.7. The van der Waals surface area contributed by atoms with Crippen LogP contribution in [0.15, 0.2) is 12.4 Å². The van der Waals surface area contributed by atoms with Gasteiger partial charge in [0.2, 0.25) is 0 Å². The molecule has 1 aromatic rings. The second-order valence-corrected chi connectivity index (χ2v) is 4.18. The highest BCUT2D eigenvalue weighted by Gasteiger charge is 2.12. The molecule has 0 aliphatic carbocycles. The third kappa shape index (κ3) is 3.85. The average Bonchev–Trinajstić information content (AvgIpc) is 2.74.